The average Bonchev–Trinajstić information content (AvgIpc) is 3.13. The lowest BCUT2D eigenvalue weighted by Crippen LogP contribution is -2.37. The molecule has 1 amide bonds. The van der Waals surface area contributed by atoms with E-state index in [1.165, 1.54) is 0 Å². The largest absolute Gasteiger partial charge is 0.448 e. The Morgan fingerprint density at radius 1 is 1.35 bits per heavy atom. The number of carbonyl (C=O) groups is 2. The molecule has 0 radical (unpaired) electrons. The van der Waals surface area contributed by atoms with Gasteiger partial charge in [-0.05, 0) is 31.9 Å². The molecule has 1 fully saturated rings. The Morgan fingerprint density at radius 3 is 2.80 bits per heavy atom. The lowest BCUT2D eigenvalue weighted by atomic mass is 10.2. The number of rotatable bonds is 4. The molecule has 5 nitrogen and oxygen atoms in total. The molecular formula is C15H16N2O3. The maximum atomic E-state index is 12.0. The molecule has 1 aromatic carbocycles. The first kappa shape index (κ1) is 12.7. The van der Waals surface area contributed by atoms with E-state index in [1.54, 1.807) is 13.0 Å². The van der Waals surface area contributed by atoms with E-state index in [-0.39, 0.29) is 11.9 Å². The first-order valence-corrected chi connectivity index (χ1v) is 6.72. The number of fused-ring (bicyclic) bond motifs is 1. The molecule has 1 heterocycles. The van der Waals surface area contributed by atoms with E-state index >= 15 is 0 Å². The van der Waals surface area contributed by atoms with E-state index in [0.717, 1.165) is 23.7 Å². The molecule has 2 aromatic rings. The van der Waals surface area contributed by atoms with E-state index < -0.39 is 12.1 Å². The van der Waals surface area contributed by atoms with Gasteiger partial charge in [-0.1, -0.05) is 18.2 Å². The van der Waals surface area contributed by atoms with Gasteiger partial charge >= 0.3 is 5.97 Å². The Hall–Kier alpha value is -2.30. The van der Waals surface area contributed by atoms with Gasteiger partial charge in [0.2, 0.25) is 0 Å². The molecule has 1 atom stereocenters. The van der Waals surface area contributed by atoms with Crippen LogP contribution >= 0.6 is 0 Å². The zero-order valence-electron chi connectivity index (χ0n) is 11.2. The van der Waals surface area contributed by atoms with Crippen molar-refractivity contribution >= 4 is 22.8 Å². The SMILES string of the molecule is C[C@H](OC(=O)c1cc2ccccc2[nH]1)C(=O)NC1CC1. The molecule has 2 N–H and O–H groups in total. The number of para-hydroxylation sites is 1. The third-order valence-corrected chi connectivity index (χ3v) is 3.33. The zero-order valence-corrected chi connectivity index (χ0v) is 11.2. The van der Waals surface area contributed by atoms with Crippen molar-refractivity contribution in [2.24, 2.45) is 0 Å². The van der Waals surface area contributed by atoms with Gasteiger partial charge in [0.15, 0.2) is 6.10 Å². The first-order chi connectivity index (χ1) is 9.63. The van der Waals surface area contributed by atoms with Crippen LogP contribution in [0.5, 0.6) is 0 Å². The molecule has 5 heteroatoms. The number of benzene rings is 1. The van der Waals surface area contributed by atoms with Crippen LogP contribution in [0, 0.1) is 0 Å². The molecule has 1 aliphatic rings. The number of esters is 1. The number of nitrogens with one attached hydrogen (secondary N) is 2. The average molecular weight is 272 g/mol. The van der Waals surface area contributed by atoms with Crippen molar-refractivity contribution in [3.63, 3.8) is 0 Å². The number of carbonyl (C=O) groups excluding carboxylic acids is 2. The van der Waals surface area contributed by atoms with Gasteiger partial charge in [0.25, 0.3) is 5.91 Å². The number of H-pyrrole nitrogens is 1. The van der Waals surface area contributed by atoms with Crippen molar-refractivity contribution < 1.29 is 14.3 Å². The molecule has 0 saturated heterocycles. The molecule has 20 heavy (non-hydrogen) atoms. The number of ether oxygens (including phenoxy) is 1. The summed E-state index contributed by atoms with van der Waals surface area (Å²) >= 11 is 0. The predicted molar refractivity (Wildman–Crippen MR) is 74.3 cm³/mol. The molecule has 104 valence electrons. The number of amides is 1. The smallest absolute Gasteiger partial charge is 0.355 e. The summed E-state index contributed by atoms with van der Waals surface area (Å²) in [5, 5.41) is 3.75. The van der Waals surface area contributed by atoms with Crippen LogP contribution in [0.25, 0.3) is 10.9 Å². The number of aromatic amines is 1. The second kappa shape index (κ2) is 5.00. The fourth-order valence-electron chi connectivity index (χ4n) is 2.01. The standard InChI is InChI=1S/C15H16N2O3/c1-9(14(18)16-11-6-7-11)20-15(19)13-8-10-4-2-3-5-12(10)17-13/h2-5,8-9,11,17H,6-7H2,1H3,(H,16,18)/t9-/m0/s1. The number of hydrogen-bond acceptors (Lipinski definition) is 3. The van der Waals surface area contributed by atoms with Crippen LogP contribution in [0.1, 0.15) is 30.3 Å². The topological polar surface area (TPSA) is 71.2 Å². The van der Waals surface area contributed by atoms with Gasteiger partial charge in [0.05, 0.1) is 0 Å². The van der Waals surface area contributed by atoms with E-state index in [0.29, 0.717) is 5.69 Å². The Labute approximate surface area is 116 Å². The van der Waals surface area contributed by atoms with Crippen LogP contribution in [0.2, 0.25) is 0 Å². The summed E-state index contributed by atoms with van der Waals surface area (Å²) in [5.74, 6) is -0.753. The van der Waals surface area contributed by atoms with E-state index in [9.17, 15) is 9.59 Å². The maximum Gasteiger partial charge on any atom is 0.355 e. The molecule has 0 bridgehead atoms. The van der Waals surface area contributed by atoms with Gasteiger partial charge in [-0.3, -0.25) is 4.79 Å². The second-order valence-electron chi connectivity index (χ2n) is 5.10. The normalized spacial score (nSPS) is 15.8. The Kier molecular flexibility index (Phi) is 3.18. The van der Waals surface area contributed by atoms with Crippen LogP contribution in [0.15, 0.2) is 30.3 Å². The zero-order chi connectivity index (χ0) is 14.1. The quantitative estimate of drug-likeness (QED) is 0.836. The Morgan fingerprint density at radius 2 is 2.10 bits per heavy atom. The number of aromatic nitrogens is 1. The summed E-state index contributed by atoms with van der Waals surface area (Å²) in [5.41, 5.74) is 1.23. The monoisotopic (exact) mass is 272 g/mol. The summed E-state index contributed by atoms with van der Waals surface area (Å²) in [4.78, 5) is 26.7. The van der Waals surface area contributed by atoms with Crippen molar-refractivity contribution in [2.75, 3.05) is 0 Å². The van der Waals surface area contributed by atoms with E-state index in [1.807, 2.05) is 24.3 Å². The van der Waals surface area contributed by atoms with Crippen molar-refractivity contribution in [3.05, 3.63) is 36.0 Å². The van der Waals surface area contributed by atoms with Gasteiger partial charge < -0.3 is 15.0 Å². The Balaban J connectivity index is 1.67. The van der Waals surface area contributed by atoms with Crippen LogP contribution in [-0.2, 0) is 9.53 Å². The summed E-state index contributed by atoms with van der Waals surface area (Å²) in [6.07, 6.45) is 1.23. The molecule has 1 aromatic heterocycles. The van der Waals surface area contributed by atoms with Crippen molar-refractivity contribution in [1.29, 1.82) is 0 Å². The molecule has 1 aliphatic carbocycles. The van der Waals surface area contributed by atoms with Crippen molar-refractivity contribution in [1.82, 2.24) is 10.3 Å². The highest BCUT2D eigenvalue weighted by atomic mass is 16.5. The van der Waals surface area contributed by atoms with Gasteiger partial charge in [0, 0.05) is 16.9 Å². The van der Waals surface area contributed by atoms with E-state index in [2.05, 4.69) is 10.3 Å². The fraction of sp³-hybridized carbons (Fsp3) is 0.333. The predicted octanol–water partition coefficient (Wildman–Crippen LogP) is 1.99. The summed E-state index contributed by atoms with van der Waals surface area (Å²) < 4.78 is 5.17. The lowest BCUT2D eigenvalue weighted by molar-refractivity contribution is -0.129. The lowest BCUT2D eigenvalue weighted by Gasteiger charge is -2.12. The van der Waals surface area contributed by atoms with E-state index in [4.69, 9.17) is 4.74 Å². The minimum atomic E-state index is -0.783. The van der Waals surface area contributed by atoms with Crippen molar-refractivity contribution in [3.8, 4) is 0 Å². The highest BCUT2D eigenvalue weighted by Gasteiger charge is 2.27. The molecule has 0 unspecified atom stereocenters. The molecule has 0 spiro atoms. The van der Waals surface area contributed by atoms with Crippen LogP contribution < -0.4 is 5.32 Å². The molecular weight excluding hydrogens is 256 g/mol. The third kappa shape index (κ3) is 2.66. The third-order valence-electron chi connectivity index (χ3n) is 3.33. The maximum absolute atomic E-state index is 12.0. The van der Waals surface area contributed by atoms with Crippen LogP contribution in [0.3, 0.4) is 0 Å². The van der Waals surface area contributed by atoms with Gasteiger partial charge in [-0.2, -0.15) is 0 Å². The van der Waals surface area contributed by atoms with Gasteiger partial charge in [-0.25, -0.2) is 4.79 Å². The Bertz CT molecular complexity index is 625. The second-order valence-corrected chi connectivity index (χ2v) is 5.10. The molecule has 1 saturated carbocycles. The highest BCUT2D eigenvalue weighted by Crippen LogP contribution is 2.19. The van der Waals surface area contributed by atoms with Crippen LogP contribution in [-0.4, -0.2) is 29.0 Å². The summed E-state index contributed by atoms with van der Waals surface area (Å²) in [7, 11) is 0. The minimum Gasteiger partial charge on any atom is -0.448 e. The first-order valence-electron chi connectivity index (χ1n) is 6.72. The molecule has 0 aliphatic heterocycles. The highest BCUT2D eigenvalue weighted by molar-refractivity contribution is 5.96. The fourth-order valence-corrected chi connectivity index (χ4v) is 2.01. The number of hydrogen-bond donors (Lipinski definition) is 2. The van der Waals surface area contributed by atoms with Gasteiger partial charge in [0.1, 0.15) is 5.69 Å². The summed E-state index contributed by atoms with van der Waals surface area (Å²) in [6, 6.07) is 9.57. The van der Waals surface area contributed by atoms with Crippen molar-refractivity contribution in [2.45, 2.75) is 31.9 Å². The summed E-state index contributed by atoms with van der Waals surface area (Å²) in [6.45, 7) is 1.58. The van der Waals surface area contributed by atoms with Crippen LogP contribution in [0.4, 0.5) is 0 Å². The minimum absolute atomic E-state index is 0.239. The van der Waals surface area contributed by atoms with Gasteiger partial charge in [-0.15, -0.1) is 0 Å². The molecule has 3 rings (SSSR count).